The Balaban J connectivity index is 1.68. The van der Waals surface area contributed by atoms with E-state index < -0.39 is 11.6 Å². The van der Waals surface area contributed by atoms with Gasteiger partial charge in [-0.25, -0.2) is 4.79 Å². The van der Waals surface area contributed by atoms with Crippen LogP contribution in [0.25, 0.3) is 0 Å². The smallest absolute Gasteiger partial charge is 0.324 e. The van der Waals surface area contributed by atoms with Crippen molar-refractivity contribution in [1.82, 2.24) is 10.2 Å². The lowest BCUT2D eigenvalue weighted by molar-refractivity contribution is -0.134. The predicted molar refractivity (Wildman–Crippen MR) is 99.7 cm³/mol. The molecule has 1 saturated heterocycles. The Labute approximate surface area is 154 Å². The highest BCUT2D eigenvalue weighted by atomic mass is 16.2. The molecule has 0 atom stereocenters. The lowest BCUT2D eigenvalue weighted by Crippen LogP contribution is -2.47. The van der Waals surface area contributed by atoms with Gasteiger partial charge >= 0.3 is 6.03 Å². The standard InChI is InChI=1S/C20H27N3O3/c1-2-15-10-6-7-11-16(15)21-17(24)14-23-18(25)20(22-19(23)26)12-8-4-3-5-9-13-20/h6-7,10-11H,2-5,8-9,12-14H2,1H3,(H,21,24)(H,22,26). The maximum atomic E-state index is 12.9. The zero-order chi connectivity index (χ0) is 18.6. The highest BCUT2D eigenvalue weighted by Gasteiger charge is 2.50. The summed E-state index contributed by atoms with van der Waals surface area (Å²) in [6, 6.07) is 7.11. The SMILES string of the molecule is CCc1ccccc1NC(=O)CN1C(=O)NC2(CCCCCCC2)C1=O. The number of carbonyl (C=O) groups excluding carboxylic acids is 3. The van der Waals surface area contributed by atoms with Gasteiger partial charge in [0.1, 0.15) is 12.1 Å². The van der Waals surface area contributed by atoms with Gasteiger partial charge in [0.25, 0.3) is 5.91 Å². The molecule has 1 aromatic carbocycles. The molecule has 0 bridgehead atoms. The Kier molecular flexibility index (Phi) is 5.59. The first kappa shape index (κ1) is 18.4. The molecule has 4 amide bonds. The van der Waals surface area contributed by atoms with Crippen LogP contribution in [-0.2, 0) is 16.0 Å². The third-order valence-corrected chi connectivity index (χ3v) is 5.43. The number of para-hydroxylation sites is 1. The molecule has 1 aliphatic carbocycles. The Morgan fingerprint density at radius 3 is 2.46 bits per heavy atom. The monoisotopic (exact) mass is 357 g/mol. The van der Waals surface area contributed by atoms with E-state index in [-0.39, 0.29) is 18.4 Å². The topological polar surface area (TPSA) is 78.5 Å². The molecular formula is C20H27N3O3. The predicted octanol–water partition coefficient (Wildman–Crippen LogP) is 3.22. The largest absolute Gasteiger partial charge is 0.325 e. The van der Waals surface area contributed by atoms with Crippen LogP contribution >= 0.6 is 0 Å². The van der Waals surface area contributed by atoms with E-state index in [2.05, 4.69) is 10.6 Å². The molecule has 3 rings (SSSR count). The molecule has 1 aromatic rings. The number of aryl methyl sites for hydroxylation is 1. The van der Waals surface area contributed by atoms with Gasteiger partial charge in [-0.3, -0.25) is 14.5 Å². The number of anilines is 1. The Morgan fingerprint density at radius 2 is 1.77 bits per heavy atom. The van der Waals surface area contributed by atoms with Gasteiger partial charge in [0.05, 0.1) is 0 Å². The molecule has 1 heterocycles. The second-order valence-corrected chi connectivity index (χ2v) is 7.23. The van der Waals surface area contributed by atoms with Crippen LogP contribution in [0.3, 0.4) is 0 Å². The maximum Gasteiger partial charge on any atom is 0.325 e. The molecule has 0 aromatic heterocycles. The van der Waals surface area contributed by atoms with Crippen molar-refractivity contribution in [3.05, 3.63) is 29.8 Å². The third kappa shape index (κ3) is 3.74. The summed E-state index contributed by atoms with van der Waals surface area (Å²) in [6.45, 7) is 1.77. The fourth-order valence-corrected chi connectivity index (χ4v) is 3.95. The van der Waals surface area contributed by atoms with E-state index >= 15 is 0 Å². The number of urea groups is 1. The van der Waals surface area contributed by atoms with Gasteiger partial charge in [0.2, 0.25) is 5.91 Å². The summed E-state index contributed by atoms with van der Waals surface area (Å²) < 4.78 is 0. The van der Waals surface area contributed by atoms with Crippen LogP contribution in [0.5, 0.6) is 0 Å². The van der Waals surface area contributed by atoms with Crippen molar-refractivity contribution in [3.8, 4) is 0 Å². The molecule has 2 aliphatic rings. The number of benzene rings is 1. The molecule has 0 radical (unpaired) electrons. The zero-order valence-corrected chi connectivity index (χ0v) is 15.3. The van der Waals surface area contributed by atoms with Crippen molar-refractivity contribution in [2.75, 3.05) is 11.9 Å². The normalized spacial score (nSPS) is 19.8. The Morgan fingerprint density at radius 1 is 1.12 bits per heavy atom. The van der Waals surface area contributed by atoms with Crippen LogP contribution in [0.15, 0.2) is 24.3 Å². The summed E-state index contributed by atoms with van der Waals surface area (Å²) in [5, 5.41) is 5.72. The van der Waals surface area contributed by atoms with E-state index in [1.807, 2.05) is 31.2 Å². The minimum atomic E-state index is -0.806. The average Bonchev–Trinajstić information content (AvgIpc) is 2.84. The number of hydrogen-bond donors (Lipinski definition) is 2. The second kappa shape index (κ2) is 7.89. The summed E-state index contributed by atoms with van der Waals surface area (Å²) in [4.78, 5) is 38.8. The average molecular weight is 357 g/mol. The highest BCUT2D eigenvalue weighted by Crippen LogP contribution is 2.32. The fourth-order valence-electron chi connectivity index (χ4n) is 3.95. The summed E-state index contributed by atoms with van der Waals surface area (Å²) in [5.74, 6) is -0.597. The van der Waals surface area contributed by atoms with Crippen LogP contribution in [0.1, 0.15) is 57.4 Å². The Hall–Kier alpha value is -2.37. The van der Waals surface area contributed by atoms with Gasteiger partial charge in [-0.05, 0) is 30.9 Å². The molecule has 6 nitrogen and oxygen atoms in total. The minimum absolute atomic E-state index is 0.246. The lowest BCUT2D eigenvalue weighted by Gasteiger charge is -2.28. The van der Waals surface area contributed by atoms with E-state index in [0.29, 0.717) is 12.8 Å². The number of nitrogens with zero attached hydrogens (tertiary/aromatic N) is 1. The number of carbonyl (C=O) groups is 3. The molecule has 6 heteroatoms. The van der Waals surface area contributed by atoms with E-state index in [0.717, 1.165) is 48.3 Å². The van der Waals surface area contributed by atoms with E-state index in [1.54, 1.807) is 0 Å². The van der Waals surface area contributed by atoms with Gasteiger partial charge in [-0.15, -0.1) is 0 Å². The number of hydrogen-bond acceptors (Lipinski definition) is 3. The van der Waals surface area contributed by atoms with E-state index in [4.69, 9.17) is 0 Å². The second-order valence-electron chi connectivity index (χ2n) is 7.23. The molecule has 1 aliphatic heterocycles. The lowest BCUT2D eigenvalue weighted by atomic mass is 9.84. The van der Waals surface area contributed by atoms with Crippen molar-refractivity contribution in [2.45, 2.75) is 63.8 Å². The van der Waals surface area contributed by atoms with Crippen LogP contribution in [0, 0.1) is 0 Å². The molecule has 0 unspecified atom stereocenters. The van der Waals surface area contributed by atoms with Gasteiger partial charge in [-0.1, -0.05) is 57.2 Å². The number of nitrogens with one attached hydrogen (secondary N) is 2. The summed E-state index contributed by atoms with van der Waals surface area (Å²) >= 11 is 0. The molecule has 2 N–H and O–H groups in total. The number of imide groups is 1. The minimum Gasteiger partial charge on any atom is -0.324 e. The zero-order valence-electron chi connectivity index (χ0n) is 15.3. The van der Waals surface area contributed by atoms with Crippen molar-refractivity contribution >= 4 is 23.5 Å². The van der Waals surface area contributed by atoms with E-state index in [1.165, 1.54) is 6.42 Å². The van der Waals surface area contributed by atoms with Crippen LogP contribution < -0.4 is 10.6 Å². The number of rotatable bonds is 4. The first-order valence-electron chi connectivity index (χ1n) is 9.57. The van der Waals surface area contributed by atoms with Gasteiger partial charge in [0.15, 0.2) is 0 Å². The molecule has 26 heavy (non-hydrogen) atoms. The Bertz CT molecular complexity index is 693. The number of amides is 4. The highest BCUT2D eigenvalue weighted by molar-refractivity contribution is 6.10. The first-order chi connectivity index (χ1) is 12.6. The summed E-state index contributed by atoms with van der Waals surface area (Å²) in [5.41, 5.74) is 0.946. The molecule has 2 fully saturated rings. The van der Waals surface area contributed by atoms with Crippen LogP contribution in [0.4, 0.5) is 10.5 Å². The summed E-state index contributed by atoms with van der Waals surface area (Å²) in [6.07, 6.45) is 7.32. The molecular weight excluding hydrogens is 330 g/mol. The van der Waals surface area contributed by atoms with Crippen LogP contribution in [0.2, 0.25) is 0 Å². The maximum absolute atomic E-state index is 12.9. The molecule has 1 spiro atoms. The van der Waals surface area contributed by atoms with Gasteiger partial charge in [-0.2, -0.15) is 0 Å². The van der Waals surface area contributed by atoms with Gasteiger partial charge < -0.3 is 10.6 Å². The molecule has 140 valence electrons. The van der Waals surface area contributed by atoms with Crippen molar-refractivity contribution in [2.24, 2.45) is 0 Å². The van der Waals surface area contributed by atoms with Crippen molar-refractivity contribution < 1.29 is 14.4 Å². The van der Waals surface area contributed by atoms with E-state index in [9.17, 15) is 14.4 Å². The van der Waals surface area contributed by atoms with Crippen LogP contribution in [-0.4, -0.2) is 34.8 Å². The first-order valence-corrected chi connectivity index (χ1v) is 9.57. The van der Waals surface area contributed by atoms with Crippen molar-refractivity contribution in [1.29, 1.82) is 0 Å². The summed E-state index contributed by atoms with van der Waals surface area (Å²) in [7, 11) is 0. The third-order valence-electron chi connectivity index (χ3n) is 5.43. The molecule has 1 saturated carbocycles. The van der Waals surface area contributed by atoms with Crippen molar-refractivity contribution in [3.63, 3.8) is 0 Å². The fraction of sp³-hybridized carbons (Fsp3) is 0.550. The quantitative estimate of drug-likeness (QED) is 0.812. The van der Waals surface area contributed by atoms with Gasteiger partial charge in [0, 0.05) is 5.69 Å².